The van der Waals surface area contributed by atoms with Crippen LogP contribution in [0.15, 0.2) is 59.5 Å². The largest absolute Gasteiger partial charge is 0.332 e. The Bertz CT molecular complexity index is 810. The number of carbonyl (C=O) groups excluding carboxylic acids is 1. The van der Waals surface area contributed by atoms with Gasteiger partial charge in [0.05, 0.1) is 10.1 Å². The van der Waals surface area contributed by atoms with Crippen LogP contribution in [0.4, 0.5) is 0 Å². The van der Waals surface area contributed by atoms with Crippen LogP contribution in [0.3, 0.4) is 0 Å². The highest BCUT2D eigenvalue weighted by atomic mass is 32.2. The van der Waals surface area contributed by atoms with Crippen LogP contribution in [0, 0.1) is 0 Å². The lowest BCUT2D eigenvalue weighted by Gasteiger charge is -2.27. The van der Waals surface area contributed by atoms with Gasteiger partial charge in [0.1, 0.15) is 0 Å². The van der Waals surface area contributed by atoms with Crippen LogP contribution >= 0.6 is 0 Å². The molecule has 0 N–H and O–H groups in total. The number of benzene rings is 2. The van der Waals surface area contributed by atoms with E-state index in [-0.39, 0.29) is 16.8 Å². The van der Waals surface area contributed by atoms with Crippen LogP contribution in [-0.4, -0.2) is 30.5 Å². The van der Waals surface area contributed by atoms with Crippen molar-refractivity contribution in [3.05, 3.63) is 65.7 Å². The first-order valence-electron chi connectivity index (χ1n) is 8.42. The van der Waals surface area contributed by atoms with E-state index in [9.17, 15) is 13.2 Å². The van der Waals surface area contributed by atoms with Crippen molar-refractivity contribution in [1.82, 2.24) is 4.90 Å². The topological polar surface area (TPSA) is 54.5 Å². The van der Waals surface area contributed by atoms with Gasteiger partial charge < -0.3 is 4.90 Å². The Labute approximate surface area is 150 Å². The van der Waals surface area contributed by atoms with Gasteiger partial charge in [0.2, 0.25) is 0 Å². The van der Waals surface area contributed by atoms with Crippen LogP contribution in [0.2, 0.25) is 0 Å². The highest BCUT2D eigenvalue weighted by molar-refractivity contribution is 7.92. The van der Waals surface area contributed by atoms with E-state index in [1.165, 1.54) is 12.1 Å². The first kappa shape index (κ1) is 19.2. The summed E-state index contributed by atoms with van der Waals surface area (Å²) in [4.78, 5) is 14.9. The van der Waals surface area contributed by atoms with Crippen molar-refractivity contribution in [3.63, 3.8) is 0 Å². The van der Waals surface area contributed by atoms with E-state index in [0.29, 0.717) is 12.1 Å². The number of hydrogen-bond acceptors (Lipinski definition) is 3. The quantitative estimate of drug-likeness (QED) is 0.785. The molecule has 0 radical (unpaired) electrons. The molecular weight excluding hydrogens is 334 g/mol. The molecular formula is C20H25NO3S. The van der Waals surface area contributed by atoms with Gasteiger partial charge in [0.15, 0.2) is 9.84 Å². The van der Waals surface area contributed by atoms with Crippen molar-refractivity contribution in [2.75, 3.05) is 0 Å². The molecule has 0 saturated heterocycles. The summed E-state index contributed by atoms with van der Waals surface area (Å²) in [5, 5.41) is -0.487. The van der Waals surface area contributed by atoms with Crippen LogP contribution in [-0.2, 0) is 16.4 Å². The monoisotopic (exact) mass is 359 g/mol. The first-order chi connectivity index (χ1) is 11.7. The Hall–Kier alpha value is -2.14. The Balaban J connectivity index is 2.25. The first-order valence-corrected chi connectivity index (χ1v) is 9.97. The summed E-state index contributed by atoms with van der Waals surface area (Å²) in [6.45, 7) is 7.75. The Morgan fingerprint density at radius 2 is 1.48 bits per heavy atom. The molecule has 5 heteroatoms. The Kier molecular flexibility index (Phi) is 6.01. The molecule has 2 aromatic carbocycles. The third-order valence-corrected chi connectivity index (χ3v) is 6.30. The molecule has 0 atom stereocenters. The predicted octanol–water partition coefficient (Wildman–Crippen LogP) is 3.92. The number of amides is 1. The summed E-state index contributed by atoms with van der Waals surface area (Å²) in [7, 11) is -3.33. The lowest BCUT2D eigenvalue weighted by molar-refractivity contribution is 0.0690. The summed E-state index contributed by atoms with van der Waals surface area (Å²) < 4.78 is 24.4. The van der Waals surface area contributed by atoms with E-state index in [4.69, 9.17) is 0 Å². The third kappa shape index (κ3) is 4.48. The molecule has 2 aromatic rings. The second kappa shape index (κ2) is 7.83. The second-order valence-corrected chi connectivity index (χ2v) is 9.13. The van der Waals surface area contributed by atoms with E-state index in [2.05, 4.69) is 0 Å². The number of sulfone groups is 1. The molecule has 0 aliphatic rings. The minimum Gasteiger partial charge on any atom is -0.332 e. The van der Waals surface area contributed by atoms with E-state index < -0.39 is 15.1 Å². The maximum Gasteiger partial charge on any atom is 0.254 e. The normalized spacial score (nSPS) is 11.8. The van der Waals surface area contributed by atoms with Crippen LogP contribution in [0.5, 0.6) is 0 Å². The molecule has 0 spiro atoms. The predicted molar refractivity (Wildman–Crippen MR) is 100 cm³/mol. The van der Waals surface area contributed by atoms with Gasteiger partial charge in [-0.2, -0.15) is 0 Å². The standard InChI is InChI=1S/C20H25NO3S/c1-15(2)21(14-17-8-6-5-7-9-17)20(22)18-10-12-19(13-11-18)25(23,24)16(3)4/h5-13,15-16H,14H2,1-4H3. The van der Waals surface area contributed by atoms with Gasteiger partial charge in [0, 0.05) is 18.2 Å². The molecule has 0 aliphatic heterocycles. The van der Waals surface area contributed by atoms with Crippen LogP contribution in [0.25, 0.3) is 0 Å². The van der Waals surface area contributed by atoms with Crippen molar-refractivity contribution >= 4 is 15.7 Å². The molecule has 0 saturated carbocycles. The lowest BCUT2D eigenvalue weighted by Crippen LogP contribution is -2.36. The van der Waals surface area contributed by atoms with Crippen molar-refractivity contribution in [2.45, 2.75) is 50.4 Å². The van der Waals surface area contributed by atoms with Gasteiger partial charge >= 0.3 is 0 Å². The molecule has 0 unspecified atom stereocenters. The van der Waals surface area contributed by atoms with E-state index in [1.807, 2.05) is 44.2 Å². The van der Waals surface area contributed by atoms with Gasteiger partial charge in [-0.3, -0.25) is 4.79 Å². The third-order valence-electron chi connectivity index (χ3n) is 4.13. The summed E-state index contributed by atoms with van der Waals surface area (Å²) in [6.07, 6.45) is 0. The molecule has 134 valence electrons. The summed E-state index contributed by atoms with van der Waals surface area (Å²) in [5.41, 5.74) is 1.55. The number of carbonyl (C=O) groups is 1. The van der Waals surface area contributed by atoms with Crippen molar-refractivity contribution in [2.24, 2.45) is 0 Å². The van der Waals surface area contributed by atoms with Gasteiger partial charge in [-0.05, 0) is 57.5 Å². The fourth-order valence-corrected chi connectivity index (χ4v) is 3.55. The molecule has 25 heavy (non-hydrogen) atoms. The zero-order valence-electron chi connectivity index (χ0n) is 15.1. The van der Waals surface area contributed by atoms with E-state index in [1.54, 1.807) is 30.9 Å². The summed E-state index contributed by atoms with van der Waals surface area (Å²) >= 11 is 0. The maximum absolute atomic E-state index is 12.9. The molecule has 0 aromatic heterocycles. The number of hydrogen-bond donors (Lipinski definition) is 0. The van der Waals surface area contributed by atoms with Gasteiger partial charge in [-0.25, -0.2) is 8.42 Å². The Morgan fingerprint density at radius 3 is 1.96 bits per heavy atom. The minimum atomic E-state index is -3.33. The van der Waals surface area contributed by atoms with E-state index in [0.717, 1.165) is 5.56 Å². The molecule has 0 bridgehead atoms. The highest BCUT2D eigenvalue weighted by Crippen LogP contribution is 2.19. The number of rotatable bonds is 6. The molecule has 1 amide bonds. The van der Waals surface area contributed by atoms with E-state index >= 15 is 0 Å². The maximum atomic E-state index is 12.9. The van der Waals surface area contributed by atoms with Crippen LogP contribution < -0.4 is 0 Å². The summed E-state index contributed by atoms with van der Waals surface area (Å²) in [6, 6.07) is 16.1. The molecule has 2 rings (SSSR count). The minimum absolute atomic E-state index is 0.0341. The summed E-state index contributed by atoms with van der Waals surface area (Å²) in [5.74, 6) is -0.104. The fourth-order valence-electron chi connectivity index (χ4n) is 2.49. The smallest absolute Gasteiger partial charge is 0.254 e. The molecule has 4 nitrogen and oxygen atoms in total. The molecule has 0 fully saturated rings. The van der Waals surface area contributed by atoms with Crippen LogP contribution in [0.1, 0.15) is 43.6 Å². The Morgan fingerprint density at radius 1 is 0.920 bits per heavy atom. The average Bonchev–Trinajstić information content (AvgIpc) is 2.59. The molecule has 0 heterocycles. The second-order valence-electron chi connectivity index (χ2n) is 6.63. The van der Waals surface area contributed by atoms with Crippen molar-refractivity contribution < 1.29 is 13.2 Å². The van der Waals surface area contributed by atoms with Gasteiger partial charge in [0.25, 0.3) is 5.91 Å². The fraction of sp³-hybridized carbons (Fsp3) is 0.350. The molecule has 0 aliphatic carbocycles. The van der Waals surface area contributed by atoms with Gasteiger partial charge in [-0.1, -0.05) is 30.3 Å². The highest BCUT2D eigenvalue weighted by Gasteiger charge is 2.22. The van der Waals surface area contributed by atoms with Crippen molar-refractivity contribution in [1.29, 1.82) is 0 Å². The number of nitrogens with zero attached hydrogens (tertiary/aromatic N) is 1. The SMILES string of the molecule is CC(C)N(Cc1ccccc1)C(=O)c1ccc(S(=O)(=O)C(C)C)cc1. The van der Waals surface area contributed by atoms with Gasteiger partial charge in [-0.15, -0.1) is 0 Å². The lowest BCUT2D eigenvalue weighted by atomic mass is 10.1. The average molecular weight is 359 g/mol. The van der Waals surface area contributed by atoms with Crippen molar-refractivity contribution in [3.8, 4) is 0 Å². The zero-order valence-corrected chi connectivity index (χ0v) is 16.0. The zero-order chi connectivity index (χ0) is 18.6.